The predicted octanol–water partition coefficient (Wildman–Crippen LogP) is 1.34. The highest BCUT2D eigenvalue weighted by Gasteiger charge is 2.41. The Morgan fingerprint density at radius 2 is 1.90 bits per heavy atom. The summed E-state index contributed by atoms with van der Waals surface area (Å²) in [6.07, 6.45) is 0.376. The van der Waals surface area contributed by atoms with Crippen LogP contribution in [0.2, 0.25) is 0 Å². The van der Waals surface area contributed by atoms with Crippen molar-refractivity contribution in [3.63, 3.8) is 0 Å². The van der Waals surface area contributed by atoms with Gasteiger partial charge in [-0.25, -0.2) is 21.6 Å². The lowest BCUT2D eigenvalue weighted by Gasteiger charge is -2.21. The highest BCUT2D eigenvalue weighted by Crippen LogP contribution is 2.29. The molecule has 1 heterocycles. The Kier molecular flexibility index (Phi) is 3.74. The van der Waals surface area contributed by atoms with Crippen molar-refractivity contribution in [1.29, 1.82) is 0 Å². The number of carboxylic acids is 1. The molecule has 1 aliphatic heterocycles. The summed E-state index contributed by atoms with van der Waals surface area (Å²) in [5.74, 6) is -6.63. The van der Waals surface area contributed by atoms with E-state index in [0.717, 1.165) is 0 Å². The third-order valence-electron chi connectivity index (χ3n) is 3.08. The van der Waals surface area contributed by atoms with Gasteiger partial charge in [0, 0.05) is 6.54 Å². The first-order valence-corrected chi connectivity index (χ1v) is 7.09. The Labute approximate surface area is 112 Å². The highest BCUT2D eigenvalue weighted by atomic mass is 32.2. The zero-order valence-electron chi connectivity index (χ0n) is 10.0. The second-order valence-electron chi connectivity index (χ2n) is 4.29. The van der Waals surface area contributed by atoms with E-state index >= 15 is 0 Å². The van der Waals surface area contributed by atoms with Gasteiger partial charge in [0.15, 0.2) is 17.5 Å². The lowest BCUT2D eigenvalue weighted by atomic mass is 10.2. The van der Waals surface area contributed by atoms with Crippen LogP contribution in [-0.2, 0) is 14.8 Å². The SMILES string of the molecule is O=C(O)[C@H]1CCCN1S(=O)(=O)c1ccc(F)c(F)c1F. The minimum Gasteiger partial charge on any atom is -0.480 e. The zero-order valence-corrected chi connectivity index (χ0v) is 10.8. The van der Waals surface area contributed by atoms with E-state index in [-0.39, 0.29) is 13.0 Å². The topological polar surface area (TPSA) is 74.7 Å². The van der Waals surface area contributed by atoms with Crippen LogP contribution in [0.25, 0.3) is 0 Å². The molecule has 1 aliphatic rings. The van der Waals surface area contributed by atoms with Crippen LogP contribution in [-0.4, -0.2) is 36.4 Å². The molecule has 1 aromatic carbocycles. The first-order chi connectivity index (χ1) is 9.26. The monoisotopic (exact) mass is 309 g/mol. The Bertz CT molecular complexity index is 662. The van der Waals surface area contributed by atoms with E-state index in [2.05, 4.69) is 0 Å². The molecule has 0 unspecified atom stereocenters. The number of hydrogen-bond donors (Lipinski definition) is 1. The molecule has 1 aromatic rings. The Morgan fingerprint density at radius 3 is 2.50 bits per heavy atom. The second-order valence-corrected chi connectivity index (χ2v) is 6.14. The van der Waals surface area contributed by atoms with Crippen molar-refractivity contribution in [2.45, 2.75) is 23.8 Å². The molecule has 1 saturated heterocycles. The van der Waals surface area contributed by atoms with Gasteiger partial charge in [-0.2, -0.15) is 4.31 Å². The van der Waals surface area contributed by atoms with Gasteiger partial charge in [-0.1, -0.05) is 0 Å². The van der Waals surface area contributed by atoms with Gasteiger partial charge < -0.3 is 5.11 Å². The Hall–Kier alpha value is -1.61. The summed E-state index contributed by atoms with van der Waals surface area (Å²) in [5.41, 5.74) is 0. The van der Waals surface area contributed by atoms with Gasteiger partial charge in [0.25, 0.3) is 0 Å². The van der Waals surface area contributed by atoms with Gasteiger partial charge in [0.1, 0.15) is 10.9 Å². The minimum atomic E-state index is -4.53. The normalized spacial score (nSPS) is 20.2. The number of rotatable bonds is 3. The summed E-state index contributed by atoms with van der Waals surface area (Å²) < 4.78 is 64.4. The molecule has 2 rings (SSSR count). The maximum Gasteiger partial charge on any atom is 0.322 e. The molecule has 9 heteroatoms. The fourth-order valence-corrected chi connectivity index (χ4v) is 3.82. The smallest absolute Gasteiger partial charge is 0.322 e. The average molecular weight is 309 g/mol. The predicted molar refractivity (Wildman–Crippen MR) is 60.9 cm³/mol. The van der Waals surface area contributed by atoms with E-state index in [0.29, 0.717) is 22.9 Å². The molecule has 0 bridgehead atoms. The number of nitrogens with zero attached hydrogens (tertiary/aromatic N) is 1. The van der Waals surface area contributed by atoms with E-state index in [1.807, 2.05) is 0 Å². The van der Waals surface area contributed by atoms with Crippen molar-refractivity contribution in [2.75, 3.05) is 6.54 Å². The number of benzene rings is 1. The molecule has 0 saturated carbocycles. The highest BCUT2D eigenvalue weighted by molar-refractivity contribution is 7.89. The summed E-state index contributed by atoms with van der Waals surface area (Å²) >= 11 is 0. The van der Waals surface area contributed by atoms with Crippen LogP contribution in [0.4, 0.5) is 13.2 Å². The van der Waals surface area contributed by atoms with Gasteiger partial charge in [-0.15, -0.1) is 0 Å². The molecule has 0 radical (unpaired) electrons. The fraction of sp³-hybridized carbons (Fsp3) is 0.364. The molecule has 20 heavy (non-hydrogen) atoms. The largest absolute Gasteiger partial charge is 0.480 e. The molecular formula is C11H10F3NO4S. The van der Waals surface area contributed by atoms with Crippen molar-refractivity contribution < 1.29 is 31.5 Å². The third-order valence-corrected chi connectivity index (χ3v) is 5.00. The van der Waals surface area contributed by atoms with Gasteiger partial charge in [-0.3, -0.25) is 4.79 Å². The Balaban J connectivity index is 2.51. The number of halogens is 3. The van der Waals surface area contributed by atoms with Crippen LogP contribution in [0, 0.1) is 17.5 Å². The molecule has 1 fully saturated rings. The summed E-state index contributed by atoms with van der Waals surface area (Å²) in [7, 11) is -4.53. The van der Waals surface area contributed by atoms with E-state index < -0.39 is 44.4 Å². The zero-order chi connectivity index (χ0) is 15.1. The summed E-state index contributed by atoms with van der Waals surface area (Å²) in [4.78, 5) is 9.90. The molecule has 0 amide bonds. The standard InChI is InChI=1S/C11H10F3NO4S/c12-6-3-4-8(10(14)9(6)13)20(18,19)15-5-1-2-7(15)11(16)17/h3-4,7H,1-2,5H2,(H,16,17)/t7-/m1/s1. The van der Waals surface area contributed by atoms with E-state index in [4.69, 9.17) is 5.11 Å². The molecule has 0 spiro atoms. The summed E-state index contributed by atoms with van der Waals surface area (Å²) in [6, 6.07) is -0.259. The van der Waals surface area contributed by atoms with E-state index in [1.165, 1.54) is 0 Å². The Morgan fingerprint density at radius 1 is 1.25 bits per heavy atom. The molecule has 0 aromatic heterocycles. The number of aliphatic carboxylic acids is 1. The maximum absolute atomic E-state index is 13.6. The average Bonchev–Trinajstić information content (AvgIpc) is 2.85. The van der Waals surface area contributed by atoms with Crippen LogP contribution < -0.4 is 0 Å². The summed E-state index contributed by atoms with van der Waals surface area (Å²) in [5, 5.41) is 8.93. The number of carbonyl (C=O) groups is 1. The minimum absolute atomic E-state index is 0.0832. The van der Waals surface area contributed by atoms with Gasteiger partial charge >= 0.3 is 5.97 Å². The van der Waals surface area contributed by atoms with Gasteiger partial charge in [0.05, 0.1) is 0 Å². The fourth-order valence-electron chi connectivity index (χ4n) is 2.11. The number of hydrogen-bond acceptors (Lipinski definition) is 3. The van der Waals surface area contributed by atoms with Crippen molar-refractivity contribution in [2.24, 2.45) is 0 Å². The van der Waals surface area contributed by atoms with Crippen molar-refractivity contribution in [3.8, 4) is 0 Å². The molecule has 1 N–H and O–H groups in total. The molecule has 1 atom stereocenters. The molecule has 5 nitrogen and oxygen atoms in total. The van der Waals surface area contributed by atoms with Crippen LogP contribution >= 0.6 is 0 Å². The molecular weight excluding hydrogens is 299 g/mol. The first kappa shape index (κ1) is 14.8. The van der Waals surface area contributed by atoms with Gasteiger partial charge in [0.2, 0.25) is 10.0 Å². The van der Waals surface area contributed by atoms with Crippen LogP contribution in [0.3, 0.4) is 0 Å². The quantitative estimate of drug-likeness (QED) is 0.855. The lowest BCUT2D eigenvalue weighted by molar-refractivity contribution is -0.140. The van der Waals surface area contributed by atoms with Gasteiger partial charge in [-0.05, 0) is 25.0 Å². The van der Waals surface area contributed by atoms with Crippen molar-refractivity contribution >= 4 is 16.0 Å². The maximum atomic E-state index is 13.6. The van der Waals surface area contributed by atoms with E-state index in [9.17, 15) is 26.4 Å². The van der Waals surface area contributed by atoms with Crippen LogP contribution in [0.5, 0.6) is 0 Å². The van der Waals surface area contributed by atoms with E-state index in [1.54, 1.807) is 0 Å². The lowest BCUT2D eigenvalue weighted by Crippen LogP contribution is -2.40. The van der Waals surface area contributed by atoms with Crippen LogP contribution in [0.15, 0.2) is 17.0 Å². The third kappa shape index (κ3) is 2.27. The second kappa shape index (κ2) is 5.06. The van der Waals surface area contributed by atoms with Crippen molar-refractivity contribution in [3.05, 3.63) is 29.6 Å². The molecule has 0 aliphatic carbocycles. The number of sulfonamides is 1. The van der Waals surface area contributed by atoms with Crippen molar-refractivity contribution in [1.82, 2.24) is 4.31 Å². The molecule has 110 valence electrons. The summed E-state index contributed by atoms with van der Waals surface area (Å²) in [6.45, 7) is -0.113. The van der Waals surface area contributed by atoms with Crippen LogP contribution in [0.1, 0.15) is 12.8 Å². The first-order valence-electron chi connectivity index (χ1n) is 5.65. The number of carboxylic acid groups (broad SMARTS) is 1.